The molecule has 9 nitrogen and oxygen atoms in total. The number of hydrogen-bond acceptors (Lipinski definition) is 6. The highest BCUT2D eigenvalue weighted by molar-refractivity contribution is 5.96. The first kappa shape index (κ1) is 20.5. The van der Waals surface area contributed by atoms with Crippen LogP contribution < -0.4 is 10.3 Å². The van der Waals surface area contributed by atoms with E-state index in [-0.39, 0.29) is 23.3 Å². The molecule has 0 atom stereocenters. The summed E-state index contributed by atoms with van der Waals surface area (Å²) in [6.07, 6.45) is 2.89. The van der Waals surface area contributed by atoms with Crippen LogP contribution in [0.4, 0.5) is 0 Å². The summed E-state index contributed by atoms with van der Waals surface area (Å²) in [5, 5.41) is 7.49. The summed E-state index contributed by atoms with van der Waals surface area (Å²) in [5.41, 5.74) is 0.672. The van der Waals surface area contributed by atoms with Gasteiger partial charge in [0.15, 0.2) is 0 Å². The van der Waals surface area contributed by atoms with Crippen LogP contribution in [0.1, 0.15) is 20.7 Å². The first-order valence-electron chi connectivity index (χ1n) is 10.5. The highest BCUT2D eigenvalue weighted by Crippen LogP contribution is 2.26. The van der Waals surface area contributed by atoms with Gasteiger partial charge in [-0.1, -0.05) is 18.2 Å². The third-order valence-corrected chi connectivity index (χ3v) is 5.58. The highest BCUT2D eigenvalue weighted by Gasteiger charge is 2.26. The molecule has 0 saturated carbocycles. The van der Waals surface area contributed by atoms with E-state index in [0.29, 0.717) is 53.8 Å². The van der Waals surface area contributed by atoms with Crippen molar-refractivity contribution in [2.24, 2.45) is 0 Å². The lowest BCUT2D eigenvalue weighted by Gasteiger charge is -2.34. The Morgan fingerprint density at radius 3 is 2.27 bits per heavy atom. The Kier molecular flexibility index (Phi) is 5.35. The number of fused-ring (bicyclic) bond motifs is 1. The van der Waals surface area contributed by atoms with E-state index in [1.165, 1.54) is 12.5 Å². The van der Waals surface area contributed by atoms with Crippen LogP contribution in [-0.4, -0.2) is 58.0 Å². The molecule has 3 heterocycles. The predicted molar refractivity (Wildman–Crippen MR) is 119 cm³/mol. The molecule has 1 aliphatic heterocycles. The number of nitrogens with zero attached hydrogens (tertiary/aromatic N) is 3. The van der Waals surface area contributed by atoms with Crippen molar-refractivity contribution in [3.63, 3.8) is 0 Å². The number of aromatic amines is 1. The first-order valence-corrected chi connectivity index (χ1v) is 10.5. The number of amides is 2. The Labute approximate surface area is 188 Å². The molecule has 2 amide bonds. The second kappa shape index (κ2) is 8.62. The van der Waals surface area contributed by atoms with Gasteiger partial charge < -0.3 is 19.0 Å². The van der Waals surface area contributed by atoms with E-state index in [0.717, 1.165) is 0 Å². The molecule has 2 aromatic heterocycles. The van der Waals surface area contributed by atoms with Gasteiger partial charge in [0.05, 0.1) is 22.6 Å². The molecule has 0 unspecified atom stereocenters. The number of ether oxygens (including phenoxy) is 1. The maximum absolute atomic E-state index is 13.1. The second-order valence-electron chi connectivity index (χ2n) is 7.63. The molecule has 4 aromatic rings. The fourth-order valence-electron chi connectivity index (χ4n) is 3.84. The number of rotatable bonds is 4. The molecule has 2 aromatic carbocycles. The average Bonchev–Trinajstić information content (AvgIpc) is 3.40. The van der Waals surface area contributed by atoms with E-state index in [4.69, 9.17) is 9.15 Å². The van der Waals surface area contributed by atoms with E-state index in [1.54, 1.807) is 64.4 Å². The Balaban J connectivity index is 1.29. The minimum absolute atomic E-state index is 0.105. The van der Waals surface area contributed by atoms with Gasteiger partial charge in [-0.3, -0.25) is 14.4 Å². The Bertz CT molecular complexity index is 1370. The zero-order chi connectivity index (χ0) is 22.8. The van der Waals surface area contributed by atoms with Gasteiger partial charge in [-0.2, -0.15) is 0 Å². The summed E-state index contributed by atoms with van der Waals surface area (Å²) in [6, 6.07) is 15.5. The third kappa shape index (κ3) is 4.08. The van der Waals surface area contributed by atoms with Crippen LogP contribution >= 0.6 is 0 Å². The third-order valence-electron chi connectivity index (χ3n) is 5.58. The number of aromatic nitrogens is 2. The number of carbonyl (C=O) groups excluding carboxylic acids is 2. The Hall–Kier alpha value is -4.40. The summed E-state index contributed by atoms with van der Waals surface area (Å²) >= 11 is 0. The van der Waals surface area contributed by atoms with E-state index >= 15 is 0 Å². The van der Waals surface area contributed by atoms with Gasteiger partial charge in [0.2, 0.25) is 5.88 Å². The standard InChI is InChI=1S/C24H20N4O5/c29-21-19-6-1-2-7-20(19)22(26-25-21)33-18-5-3-4-16(14-18)23(30)27-9-11-28(12-10-27)24(31)17-8-13-32-15-17/h1-8,13-15H,9-12H2,(H,25,29). The number of hydrogen-bond donors (Lipinski definition) is 1. The fourth-order valence-corrected chi connectivity index (χ4v) is 3.84. The molecule has 0 bridgehead atoms. The maximum atomic E-state index is 13.1. The zero-order valence-electron chi connectivity index (χ0n) is 17.6. The molecular formula is C24H20N4O5. The zero-order valence-corrected chi connectivity index (χ0v) is 17.6. The van der Waals surface area contributed by atoms with Crippen molar-refractivity contribution >= 4 is 22.6 Å². The minimum atomic E-state index is -0.299. The van der Waals surface area contributed by atoms with E-state index in [9.17, 15) is 14.4 Å². The van der Waals surface area contributed by atoms with Crippen LogP contribution in [0.3, 0.4) is 0 Å². The van der Waals surface area contributed by atoms with Crippen molar-refractivity contribution in [2.45, 2.75) is 0 Å². The van der Waals surface area contributed by atoms with Crippen molar-refractivity contribution in [3.05, 3.63) is 88.6 Å². The van der Waals surface area contributed by atoms with Gasteiger partial charge in [0.25, 0.3) is 17.4 Å². The van der Waals surface area contributed by atoms with Crippen LogP contribution in [0.25, 0.3) is 10.8 Å². The molecular weight excluding hydrogens is 424 g/mol. The molecule has 1 saturated heterocycles. The largest absolute Gasteiger partial charge is 0.472 e. The molecule has 166 valence electrons. The molecule has 1 N–H and O–H groups in total. The maximum Gasteiger partial charge on any atom is 0.272 e. The van der Waals surface area contributed by atoms with Crippen LogP contribution in [0.5, 0.6) is 11.6 Å². The highest BCUT2D eigenvalue weighted by atomic mass is 16.5. The molecule has 1 fully saturated rings. The smallest absolute Gasteiger partial charge is 0.272 e. The summed E-state index contributed by atoms with van der Waals surface area (Å²) in [5.74, 6) is 0.433. The molecule has 0 aliphatic carbocycles. The molecule has 0 radical (unpaired) electrons. The van der Waals surface area contributed by atoms with Gasteiger partial charge >= 0.3 is 0 Å². The monoisotopic (exact) mass is 444 g/mol. The van der Waals surface area contributed by atoms with E-state index in [2.05, 4.69) is 10.2 Å². The molecule has 1 aliphatic rings. The predicted octanol–water partition coefficient (Wildman–Crippen LogP) is 2.91. The van der Waals surface area contributed by atoms with Crippen LogP contribution in [0, 0.1) is 0 Å². The Morgan fingerprint density at radius 2 is 1.58 bits per heavy atom. The Morgan fingerprint density at radius 1 is 0.879 bits per heavy atom. The topological polar surface area (TPSA) is 109 Å². The van der Waals surface area contributed by atoms with Crippen molar-refractivity contribution in [1.29, 1.82) is 0 Å². The van der Waals surface area contributed by atoms with Crippen molar-refractivity contribution in [3.8, 4) is 11.6 Å². The van der Waals surface area contributed by atoms with Crippen LogP contribution in [-0.2, 0) is 0 Å². The first-order chi connectivity index (χ1) is 16.1. The lowest BCUT2D eigenvalue weighted by Crippen LogP contribution is -2.50. The van der Waals surface area contributed by atoms with Crippen molar-refractivity contribution in [2.75, 3.05) is 26.2 Å². The molecule has 33 heavy (non-hydrogen) atoms. The van der Waals surface area contributed by atoms with E-state index < -0.39 is 0 Å². The summed E-state index contributed by atoms with van der Waals surface area (Å²) in [6.45, 7) is 1.75. The lowest BCUT2D eigenvalue weighted by atomic mass is 10.1. The van der Waals surface area contributed by atoms with Gasteiger partial charge in [-0.05, 0) is 36.4 Å². The van der Waals surface area contributed by atoms with Crippen molar-refractivity contribution < 1.29 is 18.7 Å². The SMILES string of the molecule is O=C(c1ccoc1)N1CCN(C(=O)c2cccc(Oc3n[nH]c(=O)c4ccccc34)c2)CC1. The van der Waals surface area contributed by atoms with Crippen molar-refractivity contribution in [1.82, 2.24) is 20.0 Å². The summed E-state index contributed by atoms with van der Waals surface area (Å²) in [7, 11) is 0. The van der Waals surface area contributed by atoms with Gasteiger partial charge in [-0.25, -0.2) is 5.10 Å². The van der Waals surface area contributed by atoms with Gasteiger partial charge in [-0.15, -0.1) is 5.10 Å². The average molecular weight is 444 g/mol. The number of nitrogens with one attached hydrogen (secondary N) is 1. The quantitative estimate of drug-likeness (QED) is 0.519. The van der Waals surface area contributed by atoms with Gasteiger partial charge in [0, 0.05) is 31.7 Å². The normalized spacial score (nSPS) is 13.8. The minimum Gasteiger partial charge on any atom is -0.472 e. The van der Waals surface area contributed by atoms with E-state index in [1.807, 2.05) is 0 Å². The van der Waals surface area contributed by atoms with Crippen LogP contribution in [0.2, 0.25) is 0 Å². The summed E-state index contributed by atoms with van der Waals surface area (Å²) in [4.78, 5) is 40.9. The van der Waals surface area contributed by atoms with Gasteiger partial charge in [0.1, 0.15) is 12.0 Å². The molecule has 9 heteroatoms. The lowest BCUT2D eigenvalue weighted by molar-refractivity contribution is 0.0535. The number of piperazine rings is 1. The number of benzene rings is 2. The number of furan rings is 1. The molecule has 0 spiro atoms. The number of carbonyl (C=O) groups is 2. The second-order valence-corrected chi connectivity index (χ2v) is 7.63. The molecule has 5 rings (SSSR count). The fraction of sp³-hybridized carbons (Fsp3) is 0.167. The van der Waals surface area contributed by atoms with Crippen LogP contribution in [0.15, 0.2) is 76.3 Å². The number of H-pyrrole nitrogens is 1. The summed E-state index contributed by atoms with van der Waals surface area (Å²) < 4.78 is 10.9.